The standard InChI is InChI=1S/C14H12N4OS/c15-7-10-18(12-5-2-1-3-6-12)13(19)11-20-14-16-8-4-9-17-14/h1-6,8-9H,10-11H2. The lowest BCUT2D eigenvalue weighted by Crippen LogP contribution is -2.32. The van der Waals surface area contributed by atoms with Gasteiger partial charge in [-0.05, 0) is 18.2 Å². The lowest BCUT2D eigenvalue weighted by Gasteiger charge is -2.19. The molecule has 0 N–H and O–H groups in total. The molecule has 0 spiro atoms. The third kappa shape index (κ3) is 3.80. The minimum atomic E-state index is -0.143. The number of carbonyl (C=O) groups is 1. The normalized spacial score (nSPS) is 9.75. The van der Waals surface area contributed by atoms with Gasteiger partial charge in [0.25, 0.3) is 0 Å². The fourth-order valence-electron chi connectivity index (χ4n) is 1.57. The number of nitrogens with zero attached hydrogens (tertiary/aromatic N) is 4. The topological polar surface area (TPSA) is 69.9 Å². The Kier molecular flexibility index (Phi) is 5.09. The van der Waals surface area contributed by atoms with Crippen LogP contribution in [0.2, 0.25) is 0 Å². The number of hydrogen-bond donors (Lipinski definition) is 0. The number of rotatable bonds is 5. The molecule has 1 aromatic heterocycles. The highest BCUT2D eigenvalue weighted by atomic mass is 32.2. The van der Waals surface area contributed by atoms with Gasteiger partial charge in [0.2, 0.25) is 5.91 Å². The second kappa shape index (κ2) is 7.26. The van der Waals surface area contributed by atoms with E-state index in [2.05, 4.69) is 9.97 Å². The Morgan fingerprint density at radius 2 is 1.90 bits per heavy atom. The Bertz CT molecular complexity index is 598. The van der Waals surface area contributed by atoms with Crippen LogP contribution < -0.4 is 4.90 Å². The molecule has 20 heavy (non-hydrogen) atoms. The highest BCUT2D eigenvalue weighted by Crippen LogP contribution is 2.17. The lowest BCUT2D eigenvalue weighted by molar-refractivity contribution is -0.116. The molecule has 100 valence electrons. The minimum absolute atomic E-state index is 0.0268. The molecule has 0 fully saturated rings. The Morgan fingerprint density at radius 3 is 2.55 bits per heavy atom. The molecule has 0 radical (unpaired) electrons. The second-order valence-electron chi connectivity index (χ2n) is 3.79. The van der Waals surface area contributed by atoms with Crippen LogP contribution in [0.15, 0.2) is 53.9 Å². The number of carbonyl (C=O) groups excluding carboxylic acids is 1. The molecule has 1 amide bonds. The first kappa shape index (κ1) is 14.0. The van der Waals surface area contributed by atoms with Crippen molar-refractivity contribution in [3.05, 3.63) is 48.8 Å². The van der Waals surface area contributed by atoms with Gasteiger partial charge in [-0.15, -0.1) is 0 Å². The number of para-hydroxylation sites is 1. The molecule has 0 aliphatic rings. The summed E-state index contributed by atoms with van der Waals surface area (Å²) in [7, 11) is 0. The SMILES string of the molecule is N#CCN(C(=O)CSc1ncccn1)c1ccccc1. The molecule has 6 heteroatoms. The zero-order chi connectivity index (χ0) is 14.2. The molecule has 0 atom stereocenters. The molecule has 0 bridgehead atoms. The van der Waals surface area contributed by atoms with Crippen LogP contribution in [-0.4, -0.2) is 28.2 Å². The molecule has 0 aliphatic heterocycles. The number of aromatic nitrogens is 2. The summed E-state index contributed by atoms with van der Waals surface area (Å²) in [6.45, 7) is 0.0268. The largest absolute Gasteiger partial charge is 0.298 e. The Morgan fingerprint density at radius 1 is 1.20 bits per heavy atom. The Balaban J connectivity index is 2.03. The Labute approximate surface area is 121 Å². The lowest BCUT2D eigenvalue weighted by atomic mass is 10.3. The second-order valence-corrected chi connectivity index (χ2v) is 4.74. The van der Waals surface area contributed by atoms with E-state index in [0.717, 1.165) is 0 Å². The third-order valence-corrected chi connectivity index (χ3v) is 3.32. The molecular weight excluding hydrogens is 272 g/mol. The number of benzene rings is 1. The van der Waals surface area contributed by atoms with E-state index >= 15 is 0 Å². The number of nitriles is 1. The fourth-order valence-corrected chi connectivity index (χ4v) is 2.25. The molecule has 2 aromatic rings. The van der Waals surface area contributed by atoms with Crippen LogP contribution in [0, 0.1) is 11.3 Å². The van der Waals surface area contributed by atoms with E-state index in [9.17, 15) is 4.79 Å². The smallest absolute Gasteiger partial charge is 0.238 e. The van der Waals surface area contributed by atoms with Gasteiger partial charge >= 0.3 is 0 Å². The first-order valence-corrected chi connectivity index (χ1v) is 6.92. The zero-order valence-electron chi connectivity index (χ0n) is 10.6. The van der Waals surface area contributed by atoms with Crippen molar-refractivity contribution in [2.45, 2.75) is 5.16 Å². The molecule has 1 aromatic carbocycles. The van der Waals surface area contributed by atoms with Gasteiger partial charge in [-0.25, -0.2) is 9.97 Å². The average Bonchev–Trinajstić information content (AvgIpc) is 2.52. The van der Waals surface area contributed by atoms with Crippen molar-refractivity contribution in [1.29, 1.82) is 5.26 Å². The van der Waals surface area contributed by atoms with Gasteiger partial charge in [0.05, 0.1) is 11.8 Å². The van der Waals surface area contributed by atoms with E-state index < -0.39 is 0 Å². The van der Waals surface area contributed by atoms with Crippen LogP contribution in [-0.2, 0) is 4.79 Å². The number of anilines is 1. The minimum Gasteiger partial charge on any atom is -0.298 e. The molecule has 1 heterocycles. The molecule has 0 unspecified atom stereocenters. The van der Waals surface area contributed by atoms with Gasteiger partial charge < -0.3 is 0 Å². The van der Waals surface area contributed by atoms with Gasteiger partial charge in [0, 0.05) is 18.1 Å². The molecule has 5 nitrogen and oxygen atoms in total. The van der Waals surface area contributed by atoms with Gasteiger partial charge in [-0.1, -0.05) is 30.0 Å². The molecule has 0 aliphatic carbocycles. The van der Waals surface area contributed by atoms with Crippen molar-refractivity contribution in [1.82, 2.24) is 9.97 Å². The van der Waals surface area contributed by atoms with Gasteiger partial charge in [-0.2, -0.15) is 5.26 Å². The van der Waals surface area contributed by atoms with E-state index in [1.54, 1.807) is 30.6 Å². The summed E-state index contributed by atoms with van der Waals surface area (Å²) in [4.78, 5) is 21.7. The van der Waals surface area contributed by atoms with Crippen LogP contribution in [0.1, 0.15) is 0 Å². The summed E-state index contributed by atoms with van der Waals surface area (Å²) < 4.78 is 0. The van der Waals surface area contributed by atoms with Crippen molar-refractivity contribution in [2.24, 2.45) is 0 Å². The van der Waals surface area contributed by atoms with Gasteiger partial charge in [0.15, 0.2) is 5.16 Å². The quantitative estimate of drug-likeness (QED) is 0.478. The van der Waals surface area contributed by atoms with Crippen molar-refractivity contribution >= 4 is 23.4 Å². The predicted molar refractivity (Wildman–Crippen MR) is 77.2 cm³/mol. The van der Waals surface area contributed by atoms with Crippen LogP contribution in [0.25, 0.3) is 0 Å². The fraction of sp³-hybridized carbons (Fsp3) is 0.143. The first-order chi connectivity index (χ1) is 9.81. The molecule has 2 rings (SSSR count). The monoisotopic (exact) mass is 284 g/mol. The molecule has 0 saturated carbocycles. The number of thioether (sulfide) groups is 1. The van der Waals surface area contributed by atoms with Crippen molar-refractivity contribution in [2.75, 3.05) is 17.2 Å². The van der Waals surface area contributed by atoms with E-state index in [0.29, 0.717) is 10.8 Å². The number of amides is 1. The maximum atomic E-state index is 12.2. The van der Waals surface area contributed by atoms with Crippen molar-refractivity contribution in [3.8, 4) is 6.07 Å². The van der Waals surface area contributed by atoms with Crippen LogP contribution in [0.5, 0.6) is 0 Å². The maximum Gasteiger partial charge on any atom is 0.238 e. The summed E-state index contributed by atoms with van der Waals surface area (Å²) in [5.41, 5.74) is 0.716. The first-order valence-electron chi connectivity index (χ1n) is 5.93. The highest BCUT2D eigenvalue weighted by molar-refractivity contribution is 7.99. The van der Waals surface area contributed by atoms with Gasteiger partial charge in [0.1, 0.15) is 6.54 Å². The van der Waals surface area contributed by atoms with Crippen LogP contribution in [0.4, 0.5) is 5.69 Å². The van der Waals surface area contributed by atoms with Gasteiger partial charge in [-0.3, -0.25) is 9.69 Å². The summed E-state index contributed by atoms with van der Waals surface area (Å²) in [6, 6.07) is 12.9. The van der Waals surface area contributed by atoms with Crippen molar-refractivity contribution in [3.63, 3.8) is 0 Å². The van der Waals surface area contributed by atoms with Crippen LogP contribution in [0.3, 0.4) is 0 Å². The Hall–Kier alpha value is -2.39. The highest BCUT2D eigenvalue weighted by Gasteiger charge is 2.15. The van der Waals surface area contributed by atoms with Crippen molar-refractivity contribution < 1.29 is 4.79 Å². The predicted octanol–water partition coefficient (Wildman–Crippen LogP) is 2.13. The van der Waals surface area contributed by atoms with E-state index in [1.807, 2.05) is 24.3 Å². The molecular formula is C14H12N4OS. The summed E-state index contributed by atoms with van der Waals surface area (Å²) in [5.74, 6) is 0.0517. The summed E-state index contributed by atoms with van der Waals surface area (Å²) in [6.07, 6.45) is 3.26. The summed E-state index contributed by atoms with van der Waals surface area (Å²) >= 11 is 1.25. The van der Waals surface area contributed by atoms with E-state index in [1.165, 1.54) is 16.7 Å². The van der Waals surface area contributed by atoms with E-state index in [4.69, 9.17) is 5.26 Å². The molecule has 0 saturated heterocycles. The third-order valence-electron chi connectivity index (χ3n) is 2.46. The zero-order valence-corrected chi connectivity index (χ0v) is 11.5. The van der Waals surface area contributed by atoms with Crippen LogP contribution >= 0.6 is 11.8 Å². The van der Waals surface area contributed by atoms with E-state index in [-0.39, 0.29) is 18.2 Å². The average molecular weight is 284 g/mol. The number of hydrogen-bond acceptors (Lipinski definition) is 5. The summed E-state index contributed by atoms with van der Waals surface area (Å²) in [5, 5.41) is 9.40. The maximum absolute atomic E-state index is 12.2.